The number of benzene rings is 1. The molecule has 1 heterocycles. The summed E-state index contributed by atoms with van der Waals surface area (Å²) in [6.07, 6.45) is 10.1. The highest BCUT2D eigenvalue weighted by atomic mass is 16.5. The molecule has 7 nitrogen and oxygen atoms in total. The van der Waals surface area contributed by atoms with Gasteiger partial charge < -0.3 is 15.2 Å². The molecule has 148 valence electrons. The summed E-state index contributed by atoms with van der Waals surface area (Å²) in [4.78, 5) is 12.4. The second-order valence-electron chi connectivity index (χ2n) is 7.32. The molecule has 1 aliphatic rings. The summed E-state index contributed by atoms with van der Waals surface area (Å²) < 4.78 is 7.30. The maximum Gasteiger partial charge on any atom is 0.290 e. The van der Waals surface area contributed by atoms with Crippen LogP contribution in [-0.4, -0.2) is 40.0 Å². The van der Waals surface area contributed by atoms with Gasteiger partial charge in [0.2, 0.25) is 0 Å². The SMILES string of the molecule is COc1ccc(CNCC2(C)CCCCC2)cc1Cn1cncn1.O=CO. The first-order valence-electron chi connectivity index (χ1n) is 9.37. The Morgan fingerprint density at radius 2 is 2.07 bits per heavy atom. The maximum absolute atomic E-state index is 8.36. The molecule has 0 saturated heterocycles. The van der Waals surface area contributed by atoms with Crippen LogP contribution < -0.4 is 10.1 Å². The Kier molecular flexibility index (Phi) is 8.26. The van der Waals surface area contributed by atoms with Crippen LogP contribution in [0.5, 0.6) is 5.75 Å². The van der Waals surface area contributed by atoms with Crippen molar-refractivity contribution >= 4 is 6.47 Å². The van der Waals surface area contributed by atoms with E-state index in [0.29, 0.717) is 12.0 Å². The van der Waals surface area contributed by atoms with Crippen molar-refractivity contribution in [2.45, 2.75) is 52.1 Å². The predicted molar refractivity (Wildman–Crippen MR) is 104 cm³/mol. The van der Waals surface area contributed by atoms with Crippen molar-refractivity contribution in [1.82, 2.24) is 20.1 Å². The lowest BCUT2D eigenvalue weighted by atomic mass is 9.76. The topological polar surface area (TPSA) is 89.3 Å². The third kappa shape index (κ3) is 6.67. The van der Waals surface area contributed by atoms with Gasteiger partial charge in [-0.1, -0.05) is 32.3 Å². The largest absolute Gasteiger partial charge is 0.496 e. The van der Waals surface area contributed by atoms with Gasteiger partial charge in [0, 0.05) is 18.7 Å². The van der Waals surface area contributed by atoms with Gasteiger partial charge in [0.25, 0.3) is 6.47 Å². The van der Waals surface area contributed by atoms with Crippen molar-refractivity contribution in [2.24, 2.45) is 5.41 Å². The second-order valence-corrected chi connectivity index (χ2v) is 7.32. The summed E-state index contributed by atoms with van der Waals surface area (Å²) in [5, 5.41) is 14.7. The number of methoxy groups -OCH3 is 1. The molecule has 0 spiro atoms. The van der Waals surface area contributed by atoms with Crippen LogP contribution in [0.25, 0.3) is 0 Å². The maximum atomic E-state index is 8.36. The summed E-state index contributed by atoms with van der Waals surface area (Å²) >= 11 is 0. The highest BCUT2D eigenvalue weighted by Crippen LogP contribution is 2.35. The Morgan fingerprint density at radius 1 is 1.33 bits per heavy atom. The molecule has 0 aliphatic heterocycles. The van der Waals surface area contributed by atoms with Gasteiger partial charge in [0.05, 0.1) is 13.7 Å². The highest BCUT2D eigenvalue weighted by Gasteiger charge is 2.25. The van der Waals surface area contributed by atoms with Gasteiger partial charge in [0.1, 0.15) is 18.4 Å². The van der Waals surface area contributed by atoms with E-state index in [1.165, 1.54) is 37.7 Å². The fourth-order valence-corrected chi connectivity index (χ4v) is 3.65. The van der Waals surface area contributed by atoms with E-state index >= 15 is 0 Å². The lowest BCUT2D eigenvalue weighted by Crippen LogP contribution is -2.33. The molecule has 2 N–H and O–H groups in total. The fraction of sp³-hybridized carbons (Fsp3) is 0.550. The average Bonchev–Trinajstić information content (AvgIpc) is 3.16. The van der Waals surface area contributed by atoms with E-state index in [2.05, 4.69) is 34.5 Å². The number of ether oxygens (including phenoxy) is 1. The molecule has 0 radical (unpaired) electrons. The zero-order chi connectivity index (χ0) is 19.5. The fourth-order valence-electron chi connectivity index (χ4n) is 3.65. The molecule has 1 fully saturated rings. The highest BCUT2D eigenvalue weighted by molar-refractivity contribution is 5.37. The minimum atomic E-state index is -0.250. The van der Waals surface area contributed by atoms with Crippen LogP contribution in [0.4, 0.5) is 0 Å². The van der Waals surface area contributed by atoms with Crippen molar-refractivity contribution < 1.29 is 14.6 Å². The predicted octanol–water partition coefficient (Wildman–Crippen LogP) is 3.10. The lowest BCUT2D eigenvalue weighted by molar-refractivity contribution is -0.122. The Bertz CT molecular complexity index is 683. The third-order valence-corrected chi connectivity index (χ3v) is 5.09. The van der Waals surface area contributed by atoms with E-state index in [4.69, 9.17) is 14.6 Å². The van der Waals surface area contributed by atoms with Crippen LogP contribution in [-0.2, 0) is 17.9 Å². The normalized spacial score (nSPS) is 15.5. The molecule has 0 unspecified atom stereocenters. The quantitative estimate of drug-likeness (QED) is 0.724. The molecule has 27 heavy (non-hydrogen) atoms. The molecule has 1 aromatic heterocycles. The summed E-state index contributed by atoms with van der Waals surface area (Å²) in [5.74, 6) is 0.897. The number of aromatic nitrogens is 3. The van der Waals surface area contributed by atoms with Crippen LogP contribution in [0.3, 0.4) is 0 Å². The van der Waals surface area contributed by atoms with Crippen LogP contribution in [0.1, 0.15) is 50.2 Å². The van der Waals surface area contributed by atoms with E-state index in [0.717, 1.165) is 24.4 Å². The molecule has 0 amide bonds. The average molecular weight is 374 g/mol. The van der Waals surface area contributed by atoms with Gasteiger partial charge >= 0.3 is 0 Å². The van der Waals surface area contributed by atoms with Crippen molar-refractivity contribution in [3.05, 3.63) is 42.0 Å². The summed E-state index contributed by atoms with van der Waals surface area (Å²) in [7, 11) is 1.71. The first-order valence-corrected chi connectivity index (χ1v) is 9.37. The molecule has 0 bridgehead atoms. The molecule has 2 aromatic rings. The molecule has 0 atom stereocenters. The Labute approximate surface area is 160 Å². The number of carboxylic acid groups (broad SMARTS) is 1. The molecule has 7 heteroatoms. The van der Waals surface area contributed by atoms with Crippen molar-refractivity contribution in [3.8, 4) is 5.75 Å². The zero-order valence-corrected chi connectivity index (χ0v) is 16.2. The Hall–Kier alpha value is -2.41. The van der Waals surface area contributed by atoms with Gasteiger partial charge in [-0.2, -0.15) is 5.10 Å². The van der Waals surface area contributed by atoms with Crippen LogP contribution in [0, 0.1) is 5.41 Å². The zero-order valence-electron chi connectivity index (χ0n) is 16.2. The summed E-state index contributed by atoms with van der Waals surface area (Å²) in [6.45, 7) is 4.83. The molecular weight excluding hydrogens is 344 g/mol. The number of carbonyl (C=O) groups is 1. The van der Waals surface area contributed by atoms with Gasteiger partial charge in [-0.15, -0.1) is 0 Å². The lowest BCUT2D eigenvalue weighted by Gasteiger charge is -2.33. The van der Waals surface area contributed by atoms with E-state index in [-0.39, 0.29) is 6.47 Å². The smallest absolute Gasteiger partial charge is 0.290 e. The van der Waals surface area contributed by atoms with Gasteiger partial charge in [-0.3, -0.25) is 4.79 Å². The first kappa shape index (κ1) is 20.9. The van der Waals surface area contributed by atoms with E-state index in [9.17, 15) is 0 Å². The molecule has 3 rings (SSSR count). The third-order valence-electron chi connectivity index (χ3n) is 5.09. The van der Waals surface area contributed by atoms with Crippen molar-refractivity contribution in [2.75, 3.05) is 13.7 Å². The molecule has 1 saturated carbocycles. The minimum absolute atomic E-state index is 0.250. The monoisotopic (exact) mass is 374 g/mol. The van der Waals surface area contributed by atoms with Crippen molar-refractivity contribution in [3.63, 3.8) is 0 Å². The van der Waals surface area contributed by atoms with Gasteiger partial charge in [0.15, 0.2) is 0 Å². The van der Waals surface area contributed by atoms with Gasteiger partial charge in [-0.05, 0) is 36.0 Å². The van der Waals surface area contributed by atoms with E-state index in [1.54, 1.807) is 19.8 Å². The Morgan fingerprint density at radius 3 is 2.70 bits per heavy atom. The number of hydrogen-bond donors (Lipinski definition) is 2. The van der Waals surface area contributed by atoms with Crippen LogP contribution in [0.2, 0.25) is 0 Å². The number of nitrogens with zero attached hydrogens (tertiary/aromatic N) is 3. The molecule has 1 aromatic carbocycles. The van der Waals surface area contributed by atoms with Crippen LogP contribution in [0.15, 0.2) is 30.9 Å². The van der Waals surface area contributed by atoms with Crippen molar-refractivity contribution in [1.29, 1.82) is 0 Å². The van der Waals surface area contributed by atoms with E-state index in [1.807, 2.05) is 10.7 Å². The summed E-state index contributed by atoms with van der Waals surface area (Å²) in [6, 6.07) is 6.39. The van der Waals surface area contributed by atoms with Gasteiger partial charge in [-0.25, -0.2) is 9.67 Å². The first-order chi connectivity index (χ1) is 13.1. The van der Waals surface area contributed by atoms with Crippen LogP contribution >= 0.6 is 0 Å². The number of nitrogens with one attached hydrogen (secondary N) is 1. The molecular formula is C20H30N4O3. The Balaban J connectivity index is 0.000000817. The minimum Gasteiger partial charge on any atom is -0.496 e. The summed E-state index contributed by atoms with van der Waals surface area (Å²) in [5.41, 5.74) is 2.88. The second kappa shape index (κ2) is 10.7. The van der Waals surface area contributed by atoms with E-state index < -0.39 is 0 Å². The molecule has 1 aliphatic carbocycles. The number of hydrogen-bond acceptors (Lipinski definition) is 5. The number of rotatable bonds is 7. The standard InChI is InChI=1S/C19H28N4O.CH2O2/c1-19(8-4-3-5-9-19)13-20-11-16-6-7-18(24-2)17(10-16)12-23-15-21-14-22-23;2-1-3/h6-7,10,14-15,20H,3-5,8-9,11-13H2,1-2H3;1H,(H,2,3).